The van der Waals surface area contributed by atoms with E-state index in [1.807, 2.05) is 18.0 Å². The Morgan fingerprint density at radius 2 is 1.77 bits per heavy atom. The Kier molecular flexibility index (Phi) is 4.57. The van der Waals surface area contributed by atoms with Gasteiger partial charge in [-0.2, -0.15) is 4.39 Å². The molecule has 0 saturated carbocycles. The summed E-state index contributed by atoms with van der Waals surface area (Å²) in [4.78, 5) is 24.8. The zero-order valence-electron chi connectivity index (χ0n) is 14.9. The van der Waals surface area contributed by atoms with Gasteiger partial charge >= 0.3 is 0 Å². The fourth-order valence-electron chi connectivity index (χ4n) is 4.22. The van der Waals surface area contributed by atoms with Gasteiger partial charge in [0.05, 0.1) is 0 Å². The predicted molar refractivity (Wildman–Crippen MR) is 97.5 cm³/mol. The lowest BCUT2D eigenvalue weighted by Crippen LogP contribution is -2.31. The third-order valence-corrected chi connectivity index (χ3v) is 5.62. The van der Waals surface area contributed by atoms with Crippen molar-refractivity contribution in [2.24, 2.45) is 11.8 Å². The Bertz CT molecular complexity index is 796. The zero-order chi connectivity index (χ0) is 18.1. The molecule has 0 N–H and O–H groups in total. The molecule has 1 amide bonds. The van der Waals surface area contributed by atoms with E-state index in [1.165, 1.54) is 18.0 Å². The van der Waals surface area contributed by atoms with Crippen LogP contribution in [-0.2, 0) is 0 Å². The van der Waals surface area contributed by atoms with E-state index < -0.39 is 5.95 Å². The van der Waals surface area contributed by atoms with Crippen LogP contribution in [0.1, 0.15) is 28.9 Å². The Morgan fingerprint density at radius 1 is 1.08 bits per heavy atom. The second-order valence-corrected chi connectivity index (χ2v) is 7.32. The molecule has 2 aromatic rings. The number of nitrogens with zero attached hydrogens (tertiary/aromatic N) is 4. The molecule has 2 aliphatic heterocycles. The van der Waals surface area contributed by atoms with Crippen molar-refractivity contribution < 1.29 is 9.18 Å². The number of fused-ring (bicyclic) bond motifs is 1. The molecule has 0 radical (unpaired) electrons. The second kappa shape index (κ2) is 7.02. The van der Waals surface area contributed by atoms with E-state index in [-0.39, 0.29) is 5.91 Å². The monoisotopic (exact) mass is 354 g/mol. The highest BCUT2D eigenvalue weighted by molar-refractivity contribution is 5.94. The number of hydrogen-bond donors (Lipinski definition) is 0. The van der Waals surface area contributed by atoms with Crippen molar-refractivity contribution in [2.75, 3.05) is 31.1 Å². The maximum Gasteiger partial charge on any atom is 0.254 e. The van der Waals surface area contributed by atoms with Gasteiger partial charge in [0.15, 0.2) is 0 Å². The largest absolute Gasteiger partial charge is 0.371 e. The molecule has 4 rings (SSSR count). The fourth-order valence-corrected chi connectivity index (χ4v) is 4.22. The van der Waals surface area contributed by atoms with Crippen molar-refractivity contribution in [3.63, 3.8) is 0 Å². The highest BCUT2D eigenvalue weighted by atomic mass is 19.1. The summed E-state index contributed by atoms with van der Waals surface area (Å²) in [6.07, 6.45) is 5.36. The van der Waals surface area contributed by atoms with E-state index in [0.717, 1.165) is 44.7 Å². The minimum Gasteiger partial charge on any atom is -0.371 e. The molecule has 0 aliphatic carbocycles. The average molecular weight is 354 g/mol. The summed E-state index contributed by atoms with van der Waals surface area (Å²) in [5.74, 6) is 0.339. The molecule has 0 spiro atoms. The topological polar surface area (TPSA) is 49.3 Å². The van der Waals surface area contributed by atoms with Crippen molar-refractivity contribution in [1.82, 2.24) is 14.9 Å². The van der Waals surface area contributed by atoms with Gasteiger partial charge in [-0.15, -0.1) is 0 Å². The summed E-state index contributed by atoms with van der Waals surface area (Å²) in [5, 5.41) is 0. The van der Waals surface area contributed by atoms with Crippen molar-refractivity contribution in [1.29, 1.82) is 0 Å². The first-order valence-electron chi connectivity index (χ1n) is 9.18. The van der Waals surface area contributed by atoms with Crippen molar-refractivity contribution >= 4 is 11.6 Å². The lowest BCUT2D eigenvalue weighted by molar-refractivity contribution is 0.0782. The first kappa shape index (κ1) is 16.9. The number of likely N-dealkylation sites (tertiary alicyclic amines) is 1. The van der Waals surface area contributed by atoms with Crippen LogP contribution in [0, 0.1) is 24.7 Å². The summed E-state index contributed by atoms with van der Waals surface area (Å²) < 4.78 is 13.3. The smallest absolute Gasteiger partial charge is 0.254 e. The highest BCUT2D eigenvalue weighted by Crippen LogP contribution is 2.33. The van der Waals surface area contributed by atoms with Gasteiger partial charge in [0.2, 0.25) is 5.95 Å². The Morgan fingerprint density at radius 3 is 2.42 bits per heavy atom. The van der Waals surface area contributed by atoms with Gasteiger partial charge in [0.25, 0.3) is 5.91 Å². The Hall–Kier alpha value is -2.50. The first-order chi connectivity index (χ1) is 12.6. The van der Waals surface area contributed by atoms with E-state index in [2.05, 4.69) is 27.0 Å². The van der Waals surface area contributed by atoms with Gasteiger partial charge in [-0.1, -0.05) is 0 Å². The Balaban J connectivity index is 1.41. The molecule has 0 unspecified atom stereocenters. The number of anilines is 1. The summed E-state index contributed by atoms with van der Waals surface area (Å²) in [7, 11) is 0. The SMILES string of the molecule is Cc1cc(N2CC[C@@H]3CN(C(=O)c4ccnc(F)c4)C[C@@H]3CC2)ccn1. The van der Waals surface area contributed by atoms with Gasteiger partial charge in [0.1, 0.15) is 0 Å². The van der Waals surface area contributed by atoms with Crippen LogP contribution in [0.3, 0.4) is 0 Å². The fraction of sp³-hybridized carbons (Fsp3) is 0.450. The minimum atomic E-state index is -0.604. The molecule has 2 aromatic heterocycles. The molecule has 136 valence electrons. The molecule has 2 atom stereocenters. The number of amides is 1. The van der Waals surface area contributed by atoms with Crippen LogP contribution in [0.4, 0.5) is 10.1 Å². The molecule has 0 aromatic carbocycles. The lowest BCUT2D eigenvalue weighted by Gasteiger charge is -2.24. The summed E-state index contributed by atoms with van der Waals surface area (Å²) in [6.45, 7) is 5.53. The number of rotatable bonds is 2. The third-order valence-electron chi connectivity index (χ3n) is 5.62. The lowest BCUT2D eigenvalue weighted by atomic mass is 9.92. The molecule has 0 bridgehead atoms. The summed E-state index contributed by atoms with van der Waals surface area (Å²) in [6, 6.07) is 7.02. The quantitative estimate of drug-likeness (QED) is 0.778. The third kappa shape index (κ3) is 3.41. The van der Waals surface area contributed by atoms with Gasteiger partial charge in [-0.05, 0) is 49.8 Å². The number of pyridine rings is 2. The van der Waals surface area contributed by atoms with E-state index >= 15 is 0 Å². The first-order valence-corrected chi connectivity index (χ1v) is 9.18. The number of carbonyl (C=O) groups is 1. The average Bonchev–Trinajstić information content (AvgIpc) is 2.94. The summed E-state index contributed by atoms with van der Waals surface area (Å²) in [5.41, 5.74) is 2.66. The normalized spacial score (nSPS) is 22.8. The van der Waals surface area contributed by atoms with E-state index in [9.17, 15) is 9.18 Å². The molecule has 2 aliphatic rings. The van der Waals surface area contributed by atoms with Crippen molar-refractivity contribution in [3.8, 4) is 0 Å². The highest BCUT2D eigenvalue weighted by Gasteiger charge is 2.37. The molecule has 4 heterocycles. The molecule has 26 heavy (non-hydrogen) atoms. The minimum absolute atomic E-state index is 0.0824. The number of aryl methyl sites for hydroxylation is 1. The number of carbonyl (C=O) groups excluding carboxylic acids is 1. The van der Waals surface area contributed by atoms with Crippen LogP contribution in [0.25, 0.3) is 0 Å². The number of aromatic nitrogens is 2. The molecule has 6 heteroatoms. The van der Waals surface area contributed by atoms with Crippen LogP contribution in [0.15, 0.2) is 36.7 Å². The van der Waals surface area contributed by atoms with Crippen molar-refractivity contribution in [2.45, 2.75) is 19.8 Å². The van der Waals surface area contributed by atoms with Crippen LogP contribution < -0.4 is 4.90 Å². The van der Waals surface area contributed by atoms with Crippen molar-refractivity contribution in [3.05, 3.63) is 53.9 Å². The van der Waals surface area contributed by atoms with Gasteiger partial charge in [-0.25, -0.2) is 4.98 Å². The number of hydrogen-bond acceptors (Lipinski definition) is 4. The van der Waals surface area contributed by atoms with Gasteiger partial charge in [0, 0.05) is 61.6 Å². The molecular formula is C20H23FN4O. The predicted octanol–water partition coefficient (Wildman–Crippen LogP) is 2.91. The standard InChI is InChI=1S/C20H23FN4O/c1-14-10-18(3-7-22-14)24-8-4-16-12-25(13-17(16)5-9-24)20(26)15-2-6-23-19(21)11-15/h2-3,6-7,10-11,16-17H,4-5,8-9,12-13H2,1H3/t16-,17+. The molecule has 5 nitrogen and oxygen atoms in total. The molecule has 2 fully saturated rings. The van der Waals surface area contributed by atoms with E-state index in [0.29, 0.717) is 17.4 Å². The van der Waals surface area contributed by atoms with Gasteiger partial charge in [-0.3, -0.25) is 9.78 Å². The Labute approximate surface area is 152 Å². The van der Waals surface area contributed by atoms with Crippen LogP contribution >= 0.6 is 0 Å². The molecular weight excluding hydrogens is 331 g/mol. The zero-order valence-corrected chi connectivity index (χ0v) is 14.9. The van der Waals surface area contributed by atoms with Crippen LogP contribution in [0.5, 0.6) is 0 Å². The van der Waals surface area contributed by atoms with E-state index in [1.54, 1.807) is 6.07 Å². The number of halogens is 1. The van der Waals surface area contributed by atoms with Gasteiger partial charge < -0.3 is 9.80 Å². The molecule has 2 saturated heterocycles. The summed E-state index contributed by atoms with van der Waals surface area (Å²) >= 11 is 0. The van der Waals surface area contributed by atoms with Crippen LogP contribution in [0.2, 0.25) is 0 Å². The van der Waals surface area contributed by atoms with E-state index in [4.69, 9.17) is 0 Å². The maximum atomic E-state index is 13.3. The van der Waals surface area contributed by atoms with Crippen LogP contribution in [-0.4, -0.2) is 47.0 Å². The maximum absolute atomic E-state index is 13.3. The second-order valence-electron chi connectivity index (χ2n) is 7.32.